The number of benzene rings is 1. The molecule has 0 radical (unpaired) electrons. The van der Waals surface area contributed by atoms with Gasteiger partial charge < -0.3 is 5.32 Å². The molecule has 2 N–H and O–H groups in total. The zero-order valence-corrected chi connectivity index (χ0v) is 10.9. The maximum absolute atomic E-state index is 12.1. The number of nitrogens with zero attached hydrogens (tertiary/aromatic N) is 1. The molecule has 1 aromatic heterocycles. The first-order valence-corrected chi connectivity index (χ1v) is 6.07. The second-order valence-corrected chi connectivity index (χ2v) is 4.30. The summed E-state index contributed by atoms with van der Waals surface area (Å²) in [6.45, 7) is 1.94. The smallest absolute Gasteiger partial charge is 0.273 e. The molecule has 1 amide bonds. The fourth-order valence-electron chi connectivity index (χ4n) is 1.88. The molecule has 1 aromatic carbocycles. The van der Waals surface area contributed by atoms with Crippen molar-refractivity contribution < 1.29 is 14.7 Å². The van der Waals surface area contributed by atoms with E-state index >= 15 is 0 Å². The number of nitro benzene ring substituents is 1. The Bertz CT molecular complexity index is 641. The Morgan fingerprint density at radius 2 is 2.00 bits per heavy atom. The van der Waals surface area contributed by atoms with Gasteiger partial charge in [0.25, 0.3) is 11.6 Å². The van der Waals surface area contributed by atoms with Crippen molar-refractivity contribution >= 4 is 11.6 Å². The number of H-pyrrole nitrogens is 1. The first-order chi connectivity index (χ1) is 9.59. The minimum Gasteiger partial charge on any atom is -0.348 e. The summed E-state index contributed by atoms with van der Waals surface area (Å²) in [6.07, 6.45) is 3.53. The Morgan fingerprint density at radius 1 is 1.30 bits per heavy atom. The van der Waals surface area contributed by atoms with Crippen LogP contribution in [0, 0.1) is 17.0 Å². The van der Waals surface area contributed by atoms with E-state index in [4.69, 9.17) is 0 Å². The number of carbonyl (C=O) groups is 1. The van der Waals surface area contributed by atoms with E-state index in [2.05, 4.69) is 10.3 Å². The molecule has 0 fully saturated rings. The molecule has 0 aliphatic carbocycles. The summed E-state index contributed by atoms with van der Waals surface area (Å²) in [7, 11) is 0. The van der Waals surface area contributed by atoms with E-state index in [0.29, 0.717) is 17.7 Å². The average Bonchev–Trinajstić information content (AvgIpc) is 2.46. The van der Waals surface area contributed by atoms with Gasteiger partial charge in [0.1, 0.15) is 0 Å². The van der Waals surface area contributed by atoms with E-state index < -0.39 is 4.92 Å². The number of rotatable bonds is 4. The van der Waals surface area contributed by atoms with Crippen LogP contribution in [0.1, 0.15) is 21.5 Å². The number of amides is 1. The van der Waals surface area contributed by atoms with Gasteiger partial charge in [0, 0.05) is 35.9 Å². The van der Waals surface area contributed by atoms with E-state index in [-0.39, 0.29) is 11.6 Å². The van der Waals surface area contributed by atoms with Crippen LogP contribution in [0.2, 0.25) is 0 Å². The van der Waals surface area contributed by atoms with Gasteiger partial charge in [-0.15, -0.1) is 0 Å². The predicted molar refractivity (Wildman–Crippen MR) is 72.0 cm³/mol. The summed E-state index contributed by atoms with van der Waals surface area (Å²) in [5, 5.41) is 13.6. The maximum atomic E-state index is 12.1. The summed E-state index contributed by atoms with van der Waals surface area (Å²) in [4.78, 5) is 25.3. The van der Waals surface area contributed by atoms with Gasteiger partial charge in [0.15, 0.2) is 12.4 Å². The quantitative estimate of drug-likeness (QED) is 0.678. The van der Waals surface area contributed by atoms with Crippen molar-refractivity contribution in [2.75, 3.05) is 0 Å². The number of aromatic amines is 1. The summed E-state index contributed by atoms with van der Waals surface area (Å²) in [6, 6.07) is 8.17. The van der Waals surface area contributed by atoms with E-state index in [1.807, 2.05) is 12.1 Å². The van der Waals surface area contributed by atoms with Crippen molar-refractivity contribution in [1.82, 2.24) is 5.32 Å². The highest BCUT2D eigenvalue weighted by Crippen LogP contribution is 2.20. The van der Waals surface area contributed by atoms with Crippen LogP contribution in [-0.4, -0.2) is 10.8 Å². The molecule has 1 heterocycles. The van der Waals surface area contributed by atoms with Crippen LogP contribution >= 0.6 is 0 Å². The summed E-state index contributed by atoms with van der Waals surface area (Å²) < 4.78 is 0. The van der Waals surface area contributed by atoms with Crippen LogP contribution in [0.5, 0.6) is 0 Å². The minimum atomic E-state index is -0.487. The normalized spacial score (nSPS) is 10.1. The maximum Gasteiger partial charge on any atom is 0.273 e. The van der Waals surface area contributed by atoms with Crippen LogP contribution in [0.4, 0.5) is 5.69 Å². The SMILES string of the molecule is Cc1c(C(=O)NCc2cc[nH+]cc2)cccc1[N+](=O)[O-]. The molecular weight excluding hydrogens is 258 g/mol. The number of nitro groups is 1. The molecule has 0 aliphatic rings. The summed E-state index contributed by atoms with van der Waals surface area (Å²) in [5.41, 5.74) is 1.59. The number of carbonyl (C=O) groups excluding carboxylic acids is 1. The third kappa shape index (κ3) is 2.97. The van der Waals surface area contributed by atoms with Crippen LogP contribution in [0.3, 0.4) is 0 Å². The zero-order valence-electron chi connectivity index (χ0n) is 10.9. The topological polar surface area (TPSA) is 86.4 Å². The number of nitrogens with one attached hydrogen (secondary N) is 2. The number of aromatic nitrogens is 1. The Balaban J connectivity index is 2.14. The zero-order chi connectivity index (χ0) is 14.5. The van der Waals surface area contributed by atoms with Gasteiger partial charge in [0.05, 0.1) is 4.92 Å². The van der Waals surface area contributed by atoms with Gasteiger partial charge in [-0.25, -0.2) is 4.98 Å². The minimum absolute atomic E-state index is 0.0491. The highest BCUT2D eigenvalue weighted by atomic mass is 16.6. The predicted octanol–water partition coefficient (Wildman–Crippen LogP) is 1.65. The Hall–Kier alpha value is -2.76. The molecule has 102 valence electrons. The molecular formula is C14H14N3O3+. The molecule has 0 aliphatic heterocycles. The molecule has 0 bridgehead atoms. The first kappa shape index (κ1) is 13.7. The van der Waals surface area contributed by atoms with Gasteiger partial charge in [-0.05, 0) is 18.6 Å². The molecule has 0 saturated carbocycles. The van der Waals surface area contributed by atoms with E-state index in [0.717, 1.165) is 5.56 Å². The van der Waals surface area contributed by atoms with Gasteiger partial charge in [-0.2, -0.15) is 0 Å². The van der Waals surface area contributed by atoms with Crippen molar-refractivity contribution in [2.24, 2.45) is 0 Å². The van der Waals surface area contributed by atoms with Crippen LogP contribution in [0.25, 0.3) is 0 Å². The summed E-state index contributed by atoms with van der Waals surface area (Å²) >= 11 is 0. The van der Waals surface area contributed by atoms with Crippen molar-refractivity contribution in [3.05, 3.63) is 69.5 Å². The summed E-state index contributed by atoms with van der Waals surface area (Å²) in [5.74, 6) is -0.320. The molecule has 0 atom stereocenters. The number of pyridine rings is 1. The van der Waals surface area contributed by atoms with E-state index in [1.165, 1.54) is 12.1 Å². The lowest BCUT2D eigenvalue weighted by atomic mass is 10.1. The van der Waals surface area contributed by atoms with E-state index in [9.17, 15) is 14.9 Å². The molecule has 6 heteroatoms. The standard InChI is InChI=1S/C14H13N3O3/c1-10-12(3-2-4-13(10)17(19)20)14(18)16-9-11-5-7-15-8-6-11/h2-8H,9H2,1H3,(H,16,18)/p+1. The fourth-order valence-corrected chi connectivity index (χ4v) is 1.88. The lowest BCUT2D eigenvalue weighted by Crippen LogP contribution is -2.24. The first-order valence-electron chi connectivity index (χ1n) is 6.07. The molecule has 0 saturated heterocycles. The average molecular weight is 272 g/mol. The second kappa shape index (κ2) is 5.92. The van der Waals surface area contributed by atoms with Gasteiger partial charge in [-0.3, -0.25) is 14.9 Å². The van der Waals surface area contributed by atoms with Crippen LogP contribution in [0.15, 0.2) is 42.7 Å². The molecule has 0 spiro atoms. The largest absolute Gasteiger partial charge is 0.348 e. The van der Waals surface area contributed by atoms with Crippen LogP contribution in [-0.2, 0) is 6.54 Å². The van der Waals surface area contributed by atoms with Gasteiger partial charge in [0.2, 0.25) is 0 Å². The van der Waals surface area contributed by atoms with Crippen molar-refractivity contribution in [3.63, 3.8) is 0 Å². The molecule has 2 aromatic rings. The molecule has 2 rings (SSSR count). The third-order valence-electron chi connectivity index (χ3n) is 2.99. The van der Waals surface area contributed by atoms with Gasteiger partial charge in [-0.1, -0.05) is 6.07 Å². The van der Waals surface area contributed by atoms with Gasteiger partial charge >= 0.3 is 0 Å². The Labute approximate surface area is 115 Å². The number of hydrogen-bond donors (Lipinski definition) is 1. The molecule has 20 heavy (non-hydrogen) atoms. The highest BCUT2D eigenvalue weighted by Gasteiger charge is 2.17. The molecule has 6 nitrogen and oxygen atoms in total. The van der Waals surface area contributed by atoms with Crippen molar-refractivity contribution in [3.8, 4) is 0 Å². The monoisotopic (exact) mass is 272 g/mol. The second-order valence-electron chi connectivity index (χ2n) is 4.30. The van der Waals surface area contributed by atoms with Crippen LogP contribution < -0.4 is 10.3 Å². The molecule has 0 unspecified atom stereocenters. The lowest BCUT2D eigenvalue weighted by Gasteiger charge is -2.07. The number of hydrogen-bond acceptors (Lipinski definition) is 3. The lowest BCUT2D eigenvalue weighted by molar-refractivity contribution is -0.385. The Morgan fingerprint density at radius 3 is 2.65 bits per heavy atom. The third-order valence-corrected chi connectivity index (χ3v) is 2.99. The van der Waals surface area contributed by atoms with E-state index in [1.54, 1.807) is 25.4 Å². The van der Waals surface area contributed by atoms with Crippen molar-refractivity contribution in [2.45, 2.75) is 13.5 Å². The fraction of sp³-hybridized carbons (Fsp3) is 0.143. The highest BCUT2D eigenvalue weighted by molar-refractivity contribution is 5.96. The Kier molecular flexibility index (Phi) is 4.05. The van der Waals surface area contributed by atoms with Crippen molar-refractivity contribution in [1.29, 1.82) is 0 Å².